The average Bonchev–Trinajstić information content (AvgIpc) is 2.86. The Balaban J connectivity index is 1.82. The molecule has 12 heteroatoms. The molecular formula is C24H38Cl2N10. The highest BCUT2D eigenvalue weighted by Crippen LogP contribution is 2.19. The molecule has 198 valence electrons. The fourth-order valence-electron chi connectivity index (χ4n) is 3.22. The summed E-state index contributed by atoms with van der Waals surface area (Å²) in [5.41, 5.74) is 19.5. The molecule has 0 aliphatic heterocycles. The molecule has 0 spiro atoms. The minimum absolute atomic E-state index is 0.311. The van der Waals surface area contributed by atoms with Gasteiger partial charge in [-0.2, -0.15) is 0 Å². The molecule has 36 heavy (non-hydrogen) atoms. The molecule has 0 aromatic heterocycles. The number of anilines is 2. The molecule has 2 atom stereocenters. The zero-order valence-corrected chi connectivity index (χ0v) is 22.4. The number of hydrogen-bond donors (Lipinski definition) is 7. The van der Waals surface area contributed by atoms with Crippen LogP contribution in [-0.4, -0.2) is 51.7 Å². The largest absolute Gasteiger partial charge is 0.370 e. The summed E-state index contributed by atoms with van der Waals surface area (Å²) in [6.45, 7) is 1.54. The van der Waals surface area contributed by atoms with E-state index in [2.05, 4.69) is 31.3 Å². The number of rotatable bonds is 13. The Morgan fingerprint density at radius 1 is 0.889 bits per heavy atom. The van der Waals surface area contributed by atoms with Crippen LogP contribution in [-0.2, 0) is 0 Å². The second-order valence-electron chi connectivity index (χ2n) is 8.12. The van der Waals surface area contributed by atoms with Crippen molar-refractivity contribution < 1.29 is 0 Å². The minimum Gasteiger partial charge on any atom is -0.370 e. The molecule has 2 rings (SSSR count). The fourth-order valence-corrected chi connectivity index (χ4v) is 3.47. The van der Waals surface area contributed by atoms with Gasteiger partial charge in [-0.1, -0.05) is 36.0 Å². The van der Waals surface area contributed by atoms with E-state index in [1.165, 1.54) is 0 Å². The second kappa shape index (κ2) is 16.2. The van der Waals surface area contributed by atoms with E-state index in [0.29, 0.717) is 22.0 Å². The van der Waals surface area contributed by atoms with Crippen molar-refractivity contribution in [2.24, 2.45) is 27.2 Å². The lowest BCUT2D eigenvalue weighted by molar-refractivity contribution is 0.472. The van der Waals surface area contributed by atoms with E-state index >= 15 is 0 Å². The molecule has 2 unspecified atom stereocenters. The highest BCUT2D eigenvalue weighted by atomic mass is 35.5. The van der Waals surface area contributed by atoms with E-state index in [4.69, 9.17) is 40.4 Å². The standard InChI is InChI=1S/C24H38Cl2N10/c1-30-21(27)34-22(28)31-15-5-3-4-6-16-32-23(29)35-24(33-19-11-7-17(25)8-12-19)36(2)20-13-9-18(26)10-14-20/h7-14,22-23,31-32H,3-6,15-16,28-29H2,1-2H3,(H,33,35)(H3,27,30,34). The predicted octanol–water partition coefficient (Wildman–Crippen LogP) is 2.66. The van der Waals surface area contributed by atoms with Crippen molar-refractivity contribution in [3.8, 4) is 0 Å². The highest BCUT2D eigenvalue weighted by molar-refractivity contribution is 6.31. The van der Waals surface area contributed by atoms with Gasteiger partial charge in [0, 0.05) is 35.5 Å². The van der Waals surface area contributed by atoms with Gasteiger partial charge in [-0.15, -0.1) is 0 Å². The van der Waals surface area contributed by atoms with Gasteiger partial charge in [0.15, 0.2) is 12.2 Å². The van der Waals surface area contributed by atoms with Gasteiger partial charge in [0.2, 0.25) is 5.96 Å². The Labute approximate surface area is 223 Å². The van der Waals surface area contributed by atoms with Crippen molar-refractivity contribution >= 4 is 46.5 Å². The summed E-state index contributed by atoms with van der Waals surface area (Å²) in [6, 6.07) is 14.9. The van der Waals surface area contributed by atoms with Crippen molar-refractivity contribution in [1.29, 1.82) is 0 Å². The van der Waals surface area contributed by atoms with E-state index in [9.17, 15) is 0 Å². The second-order valence-corrected chi connectivity index (χ2v) is 8.99. The Morgan fingerprint density at radius 2 is 1.44 bits per heavy atom. The van der Waals surface area contributed by atoms with Crippen LogP contribution in [0.4, 0.5) is 11.4 Å². The maximum absolute atomic E-state index is 6.28. The van der Waals surface area contributed by atoms with Crippen molar-refractivity contribution in [1.82, 2.24) is 16.0 Å². The summed E-state index contributed by atoms with van der Waals surface area (Å²) in [4.78, 5) is 10.4. The smallest absolute Gasteiger partial charge is 0.205 e. The van der Waals surface area contributed by atoms with Crippen LogP contribution < -0.4 is 43.4 Å². The maximum atomic E-state index is 6.28. The first-order valence-electron chi connectivity index (χ1n) is 11.8. The zero-order chi connectivity index (χ0) is 26.3. The van der Waals surface area contributed by atoms with Gasteiger partial charge in [-0.3, -0.25) is 27.1 Å². The molecule has 0 heterocycles. The molecule has 0 radical (unpaired) electrons. The third kappa shape index (κ3) is 11.4. The van der Waals surface area contributed by atoms with Crippen LogP contribution >= 0.6 is 23.2 Å². The molecule has 10 nitrogen and oxygen atoms in total. The number of halogens is 2. The Morgan fingerprint density at radius 3 is 2.03 bits per heavy atom. The first-order valence-corrected chi connectivity index (χ1v) is 12.6. The average molecular weight is 538 g/mol. The van der Waals surface area contributed by atoms with Crippen molar-refractivity contribution in [3.05, 3.63) is 58.6 Å². The Kier molecular flexibility index (Phi) is 13.3. The van der Waals surface area contributed by atoms with Crippen LogP contribution in [0.5, 0.6) is 0 Å². The minimum atomic E-state index is -0.578. The first-order chi connectivity index (χ1) is 17.3. The lowest BCUT2D eigenvalue weighted by Crippen LogP contribution is -2.54. The zero-order valence-electron chi connectivity index (χ0n) is 20.8. The lowest BCUT2D eigenvalue weighted by Gasteiger charge is -2.24. The van der Waals surface area contributed by atoms with E-state index in [1.54, 1.807) is 7.05 Å². The number of nitrogens with two attached hydrogens (primary N) is 3. The summed E-state index contributed by atoms with van der Waals surface area (Å²) in [6.07, 6.45) is 3.13. The number of guanidine groups is 2. The van der Waals surface area contributed by atoms with E-state index in [1.807, 2.05) is 60.5 Å². The van der Waals surface area contributed by atoms with Gasteiger partial charge in [0.25, 0.3) is 0 Å². The van der Waals surface area contributed by atoms with Gasteiger partial charge < -0.3 is 21.3 Å². The number of benzene rings is 2. The summed E-state index contributed by atoms with van der Waals surface area (Å²) >= 11 is 12.1. The van der Waals surface area contributed by atoms with Crippen LogP contribution in [0, 0.1) is 0 Å². The topological polar surface area (TPSA) is 154 Å². The van der Waals surface area contributed by atoms with Gasteiger partial charge in [0.05, 0.1) is 0 Å². The van der Waals surface area contributed by atoms with E-state index in [0.717, 1.165) is 50.1 Å². The monoisotopic (exact) mass is 536 g/mol. The lowest BCUT2D eigenvalue weighted by atomic mass is 10.2. The first kappa shape index (κ1) is 29.6. The molecule has 0 bridgehead atoms. The molecule has 0 saturated heterocycles. The highest BCUT2D eigenvalue weighted by Gasteiger charge is 2.12. The number of nitrogens with zero attached hydrogens (tertiary/aromatic N) is 3. The van der Waals surface area contributed by atoms with Gasteiger partial charge >= 0.3 is 0 Å². The molecule has 10 N–H and O–H groups in total. The van der Waals surface area contributed by atoms with Gasteiger partial charge in [-0.05, 0) is 74.5 Å². The number of nitrogens with one attached hydrogen (secondary N) is 4. The summed E-state index contributed by atoms with van der Waals surface area (Å²) < 4.78 is 0. The Hall–Kier alpha value is -2.60. The molecule has 2 aromatic carbocycles. The number of unbranched alkanes of at least 4 members (excludes halogenated alkanes) is 3. The third-order valence-electron chi connectivity index (χ3n) is 5.26. The molecule has 0 fully saturated rings. The summed E-state index contributed by atoms with van der Waals surface area (Å²) in [5, 5.41) is 13.9. The fraction of sp³-hybridized carbons (Fsp3) is 0.417. The van der Waals surface area contributed by atoms with Crippen LogP contribution in [0.25, 0.3) is 0 Å². The SMILES string of the molecule is CN=C(N)NC(N)NCCCCCCNC(N)N=C(Nc1ccc(Cl)cc1)N(C)c1ccc(Cl)cc1. The van der Waals surface area contributed by atoms with Crippen LogP contribution in [0.2, 0.25) is 10.0 Å². The molecule has 0 aliphatic rings. The van der Waals surface area contributed by atoms with Crippen LogP contribution in [0.3, 0.4) is 0 Å². The molecule has 0 amide bonds. The normalized spacial score (nSPS) is 13.8. The van der Waals surface area contributed by atoms with Crippen molar-refractivity contribution in [3.63, 3.8) is 0 Å². The van der Waals surface area contributed by atoms with E-state index in [-0.39, 0.29) is 0 Å². The molecular weight excluding hydrogens is 499 g/mol. The third-order valence-corrected chi connectivity index (χ3v) is 5.76. The van der Waals surface area contributed by atoms with Gasteiger partial charge in [-0.25, -0.2) is 4.99 Å². The van der Waals surface area contributed by atoms with Crippen molar-refractivity contribution in [2.45, 2.75) is 38.3 Å². The van der Waals surface area contributed by atoms with Gasteiger partial charge in [0.1, 0.15) is 6.29 Å². The quantitative estimate of drug-likeness (QED) is 0.0891. The van der Waals surface area contributed by atoms with E-state index < -0.39 is 12.6 Å². The number of hydrogen-bond acceptors (Lipinski definition) is 6. The molecule has 2 aromatic rings. The summed E-state index contributed by atoms with van der Waals surface area (Å²) in [7, 11) is 3.52. The predicted molar refractivity (Wildman–Crippen MR) is 153 cm³/mol. The summed E-state index contributed by atoms with van der Waals surface area (Å²) in [5.74, 6) is 0.898. The van der Waals surface area contributed by atoms with Crippen LogP contribution in [0.1, 0.15) is 25.7 Å². The number of aliphatic imine (C=N–C) groups is 2. The van der Waals surface area contributed by atoms with Crippen LogP contribution in [0.15, 0.2) is 58.5 Å². The molecule has 0 aliphatic carbocycles. The van der Waals surface area contributed by atoms with Crippen molar-refractivity contribution in [2.75, 3.05) is 37.4 Å². The maximum Gasteiger partial charge on any atom is 0.205 e. The molecule has 0 saturated carbocycles. The Bertz CT molecular complexity index is 950.